The zero-order valence-electron chi connectivity index (χ0n) is 7.50. The molecular formula is C9H6Cl6. The van der Waals surface area contributed by atoms with Crippen LogP contribution in [-0.4, -0.2) is 0 Å². The maximum atomic E-state index is 5.79. The van der Waals surface area contributed by atoms with E-state index in [1.54, 1.807) is 25.1 Å². The van der Waals surface area contributed by atoms with E-state index in [0.29, 0.717) is 16.7 Å². The molecule has 0 aliphatic rings. The second-order valence-electron chi connectivity index (χ2n) is 2.97. The second-order valence-corrected chi connectivity index (χ2v) is 7.54. The summed E-state index contributed by atoms with van der Waals surface area (Å²) in [4.78, 5) is 0. The molecule has 0 spiro atoms. The molecule has 0 aliphatic heterocycles. The normalized spacial score (nSPS) is 13.0. The maximum absolute atomic E-state index is 5.79. The van der Waals surface area contributed by atoms with Crippen LogP contribution < -0.4 is 0 Å². The number of rotatable bonds is 0. The highest BCUT2D eigenvalue weighted by molar-refractivity contribution is 6.67. The molecule has 0 aliphatic carbocycles. The first-order valence-corrected chi connectivity index (χ1v) is 6.15. The first-order chi connectivity index (χ1) is 6.64. The van der Waals surface area contributed by atoms with E-state index < -0.39 is 7.59 Å². The van der Waals surface area contributed by atoms with E-state index in [0.717, 1.165) is 0 Å². The van der Waals surface area contributed by atoms with Crippen LogP contribution in [0.15, 0.2) is 18.2 Å². The topological polar surface area (TPSA) is 0 Å². The van der Waals surface area contributed by atoms with Crippen molar-refractivity contribution in [2.24, 2.45) is 0 Å². The van der Waals surface area contributed by atoms with Crippen molar-refractivity contribution in [2.45, 2.75) is 14.5 Å². The highest BCUT2D eigenvalue weighted by Crippen LogP contribution is 2.45. The number of hydrogen-bond acceptors (Lipinski definition) is 0. The summed E-state index contributed by atoms with van der Waals surface area (Å²) in [7, 11) is 0. The van der Waals surface area contributed by atoms with Crippen LogP contribution in [0.4, 0.5) is 0 Å². The van der Waals surface area contributed by atoms with E-state index in [4.69, 9.17) is 69.6 Å². The Labute approximate surface area is 118 Å². The van der Waals surface area contributed by atoms with Gasteiger partial charge in [0.1, 0.15) is 0 Å². The lowest BCUT2D eigenvalue weighted by Gasteiger charge is -2.20. The molecule has 0 amide bonds. The Morgan fingerprint density at radius 1 is 0.800 bits per heavy atom. The van der Waals surface area contributed by atoms with Crippen LogP contribution in [0.1, 0.15) is 16.7 Å². The van der Waals surface area contributed by atoms with Crippen LogP contribution in [0.25, 0.3) is 0 Å². The lowest BCUT2D eigenvalue weighted by Crippen LogP contribution is -2.10. The summed E-state index contributed by atoms with van der Waals surface area (Å²) in [6, 6.07) is 5.05. The maximum Gasteiger partial charge on any atom is 0.216 e. The summed E-state index contributed by atoms with van der Waals surface area (Å²) in [5.41, 5.74) is 1.69. The Balaban J connectivity index is 3.37. The SMILES string of the molecule is Cc1c(C(Cl)(Cl)Cl)cccc1C(Cl)(Cl)Cl. The van der Waals surface area contributed by atoms with Gasteiger partial charge in [0.15, 0.2) is 0 Å². The van der Waals surface area contributed by atoms with Crippen molar-refractivity contribution in [3.8, 4) is 0 Å². The fourth-order valence-corrected chi connectivity index (χ4v) is 2.48. The molecule has 0 heterocycles. The highest BCUT2D eigenvalue weighted by atomic mass is 35.6. The Morgan fingerprint density at radius 3 is 1.40 bits per heavy atom. The molecule has 0 saturated heterocycles. The smallest absolute Gasteiger partial charge is 0.0784 e. The van der Waals surface area contributed by atoms with E-state index in [2.05, 4.69) is 0 Å². The lowest BCUT2D eigenvalue weighted by molar-refractivity contribution is 1.11. The molecule has 15 heavy (non-hydrogen) atoms. The van der Waals surface area contributed by atoms with Gasteiger partial charge in [0.05, 0.1) is 0 Å². The molecule has 0 radical (unpaired) electrons. The molecule has 84 valence electrons. The third kappa shape index (κ3) is 3.46. The van der Waals surface area contributed by atoms with Gasteiger partial charge in [-0.2, -0.15) is 0 Å². The first kappa shape index (κ1) is 14.0. The van der Waals surface area contributed by atoms with Gasteiger partial charge in [0, 0.05) is 11.1 Å². The molecule has 0 N–H and O–H groups in total. The van der Waals surface area contributed by atoms with Gasteiger partial charge in [0.25, 0.3) is 0 Å². The molecule has 0 atom stereocenters. The average Bonchev–Trinajstić information content (AvgIpc) is 1.99. The van der Waals surface area contributed by atoms with Crippen molar-refractivity contribution in [2.75, 3.05) is 0 Å². The molecule has 0 saturated carbocycles. The zero-order chi connectivity index (χ0) is 11.9. The third-order valence-corrected chi connectivity index (χ3v) is 3.17. The Morgan fingerprint density at radius 2 is 1.13 bits per heavy atom. The standard InChI is InChI=1S/C9H6Cl6/c1-5-6(8(10,11)12)3-2-4-7(5)9(13,14)15/h2-4H,1H3. The monoisotopic (exact) mass is 324 g/mol. The molecule has 6 heteroatoms. The molecule has 1 rings (SSSR count). The van der Waals surface area contributed by atoms with Gasteiger partial charge < -0.3 is 0 Å². The Hall–Kier alpha value is 0.960. The fraction of sp³-hybridized carbons (Fsp3) is 0.333. The van der Waals surface area contributed by atoms with Gasteiger partial charge in [-0.3, -0.25) is 0 Å². The summed E-state index contributed by atoms with van der Waals surface area (Å²) >= 11 is 34.7. The van der Waals surface area contributed by atoms with E-state index in [1.165, 1.54) is 0 Å². The molecule has 0 bridgehead atoms. The van der Waals surface area contributed by atoms with Gasteiger partial charge in [-0.15, -0.1) is 0 Å². The van der Waals surface area contributed by atoms with Crippen molar-refractivity contribution >= 4 is 69.6 Å². The van der Waals surface area contributed by atoms with Crippen molar-refractivity contribution in [3.05, 3.63) is 34.9 Å². The molecule has 0 fully saturated rings. The minimum atomic E-state index is -1.52. The number of benzene rings is 1. The molecular weight excluding hydrogens is 321 g/mol. The molecule has 0 unspecified atom stereocenters. The zero-order valence-corrected chi connectivity index (χ0v) is 12.0. The number of hydrogen-bond donors (Lipinski definition) is 0. The third-order valence-electron chi connectivity index (χ3n) is 1.94. The summed E-state index contributed by atoms with van der Waals surface area (Å²) in [5, 5.41) is 0. The largest absolute Gasteiger partial charge is 0.216 e. The molecule has 0 nitrogen and oxygen atoms in total. The van der Waals surface area contributed by atoms with Crippen molar-refractivity contribution in [1.82, 2.24) is 0 Å². The Bertz CT molecular complexity index is 328. The minimum absolute atomic E-state index is 0.510. The summed E-state index contributed by atoms with van der Waals surface area (Å²) in [6.07, 6.45) is 0. The van der Waals surface area contributed by atoms with Gasteiger partial charge >= 0.3 is 0 Å². The molecule has 1 aromatic rings. The van der Waals surface area contributed by atoms with E-state index in [-0.39, 0.29) is 0 Å². The van der Waals surface area contributed by atoms with E-state index in [9.17, 15) is 0 Å². The predicted octanol–water partition coefficient (Wildman–Crippen LogP) is 5.65. The molecule has 0 aromatic heterocycles. The average molecular weight is 327 g/mol. The van der Waals surface area contributed by atoms with Crippen LogP contribution >= 0.6 is 69.6 Å². The summed E-state index contributed by atoms with van der Waals surface area (Å²) in [6.45, 7) is 1.74. The lowest BCUT2D eigenvalue weighted by atomic mass is 10.0. The second kappa shape index (κ2) is 4.68. The van der Waals surface area contributed by atoms with Gasteiger partial charge in [-0.1, -0.05) is 87.8 Å². The summed E-state index contributed by atoms with van der Waals surface area (Å²) < 4.78 is -3.04. The van der Waals surface area contributed by atoms with Crippen molar-refractivity contribution in [3.63, 3.8) is 0 Å². The van der Waals surface area contributed by atoms with E-state index >= 15 is 0 Å². The van der Waals surface area contributed by atoms with Crippen LogP contribution in [-0.2, 0) is 7.59 Å². The summed E-state index contributed by atoms with van der Waals surface area (Å²) in [5.74, 6) is 0. The minimum Gasteiger partial charge on any atom is -0.0784 e. The van der Waals surface area contributed by atoms with Gasteiger partial charge in [0.2, 0.25) is 7.59 Å². The van der Waals surface area contributed by atoms with Crippen LogP contribution in [0, 0.1) is 6.92 Å². The van der Waals surface area contributed by atoms with Crippen LogP contribution in [0.5, 0.6) is 0 Å². The number of halogens is 6. The van der Waals surface area contributed by atoms with Gasteiger partial charge in [-0.25, -0.2) is 0 Å². The highest BCUT2D eigenvalue weighted by Gasteiger charge is 2.31. The van der Waals surface area contributed by atoms with Crippen LogP contribution in [0.3, 0.4) is 0 Å². The van der Waals surface area contributed by atoms with Crippen molar-refractivity contribution < 1.29 is 0 Å². The van der Waals surface area contributed by atoms with Crippen molar-refractivity contribution in [1.29, 1.82) is 0 Å². The fourth-order valence-electron chi connectivity index (χ4n) is 1.25. The van der Waals surface area contributed by atoms with E-state index in [1.807, 2.05) is 0 Å². The Kier molecular flexibility index (Phi) is 4.37. The first-order valence-electron chi connectivity index (χ1n) is 3.88. The number of alkyl halides is 6. The quantitative estimate of drug-likeness (QED) is 0.540. The molecule has 1 aromatic carbocycles. The van der Waals surface area contributed by atoms with Crippen LogP contribution in [0.2, 0.25) is 0 Å². The predicted molar refractivity (Wildman–Crippen MR) is 69.7 cm³/mol. The van der Waals surface area contributed by atoms with Gasteiger partial charge in [-0.05, 0) is 12.5 Å².